The van der Waals surface area contributed by atoms with Crippen LogP contribution < -0.4 is 9.46 Å². The van der Waals surface area contributed by atoms with Gasteiger partial charge in [-0.15, -0.1) is 0 Å². The van der Waals surface area contributed by atoms with Crippen molar-refractivity contribution >= 4 is 16.0 Å². The zero-order valence-corrected chi connectivity index (χ0v) is 12.4. The lowest BCUT2D eigenvalue weighted by Gasteiger charge is -2.07. The SMILES string of the molecule is Cc1cncc(Oc2ccc(S(=O)(=O)NCC(=O)O)cc2)n1. The smallest absolute Gasteiger partial charge is 0.318 e. The monoisotopic (exact) mass is 323 g/mol. The first kappa shape index (κ1) is 15.9. The van der Waals surface area contributed by atoms with Crippen LogP contribution in [0.1, 0.15) is 5.69 Å². The summed E-state index contributed by atoms with van der Waals surface area (Å²) in [5, 5.41) is 8.49. The highest BCUT2D eigenvalue weighted by Crippen LogP contribution is 2.20. The maximum atomic E-state index is 11.8. The lowest BCUT2D eigenvalue weighted by molar-refractivity contribution is -0.135. The Morgan fingerprint density at radius 1 is 1.27 bits per heavy atom. The largest absolute Gasteiger partial charge is 0.480 e. The standard InChI is InChI=1S/C13H13N3O5S/c1-9-6-14-7-12(16-9)21-10-2-4-11(5-3-10)22(19,20)15-8-13(17)18/h2-7,15H,8H2,1H3,(H,17,18). The summed E-state index contributed by atoms with van der Waals surface area (Å²) in [5.74, 6) is -0.585. The Hall–Kier alpha value is -2.52. The minimum absolute atomic E-state index is 0.0589. The van der Waals surface area contributed by atoms with Gasteiger partial charge in [0.05, 0.1) is 16.8 Å². The number of hydrogen-bond acceptors (Lipinski definition) is 6. The molecule has 1 aromatic carbocycles. The number of nitrogens with one attached hydrogen (secondary N) is 1. The molecule has 0 aliphatic heterocycles. The fraction of sp³-hybridized carbons (Fsp3) is 0.154. The van der Waals surface area contributed by atoms with E-state index in [4.69, 9.17) is 9.84 Å². The second-order valence-electron chi connectivity index (χ2n) is 4.29. The normalized spacial score (nSPS) is 11.1. The molecule has 0 saturated heterocycles. The average Bonchev–Trinajstić information content (AvgIpc) is 2.46. The fourth-order valence-electron chi connectivity index (χ4n) is 1.54. The molecule has 0 fully saturated rings. The predicted octanol–water partition coefficient (Wildman–Crippen LogP) is 0.940. The molecule has 0 aliphatic rings. The molecule has 0 unspecified atom stereocenters. The van der Waals surface area contributed by atoms with Gasteiger partial charge >= 0.3 is 5.97 Å². The fourth-order valence-corrected chi connectivity index (χ4v) is 2.51. The van der Waals surface area contributed by atoms with E-state index < -0.39 is 22.5 Å². The van der Waals surface area contributed by atoms with Crippen molar-refractivity contribution in [2.24, 2.45) is 0 Å². The van der Waals surface area contributed by atoms with Crippen LogP contribution in [-0.2, 0) is 14.8 Å². The number of benzene rings is 1. The van der Waals surface area contributed by atoms with Gasteiger partial charge in [-0.05, 0) is 31.2 Å². The Morgan fingerprint density at radius 2 is 1.95 bits per heavy atom. The maximum absolute atomic E-state index is 11.8. The number of nitrogens with zero attached hydrogens (tertiary/aromatic N) is 2. The Bertz CT molecular complexity index is 775. The molecule has 22 heavy (non-hydrogen) atoms. The summed E-state index contributed by atoms with van der Waals surface area (Å²) >= 11 is 0. The molecule has 2 rings (SSSR count). The van der Waals surface area contributed by atoms with Crippen molar-refractivity contribution in [2.45, 2.75) is 11.8 Å². The molecular weight excluding hydrogens is 310 g/mol. The summed E-state index contributed by atoms with van der Waals surface area (Å²) in [6.07, 6.45) is 3.02. The van der Waals surface area contributed by atoms with E-state index >= 15 is 0 Å². The number of carboxylic acids is 1. The van der Waals surface area contributed by atoms with Gasteiger partial charge in [-0.3, -0.25) is 9.78 Å². The van der Waals surface area contributed by atoms with Gasteiger partial charge in [-0.25, -0.2) is 13.4 Å². The van der Waals surface area contributed by atoms with Crippen LogP contribution >= 0.6 is 0 Å². The molecule has 0 spiro atoms. The van der Waals surface area contributed by atoms with E-state index in [0.717, 1.165) is 0 Å². The summed E-state index contributed by atoms with van der Waals surface area (Å²) in [6, 6.07) is 5.50. The highest BCUT2D eigenvalue weighted by atomic mass is 32.2. The van der Waals surface area contributed by atoms with Crippen molar-refractivity contribution < 1.29 is 23.1 Å². The lowest BCUT2D eigenvalue weighted by atomic mass is 10.3. The van der Waals surface area contributed by atoms with Gasteiger partial charge in [0, 0.05) is 6.20 Å². The third-order valence-corrected chi connectivity index (χ3v) is 3.92. The number of carbonyl (C=O) groups is 1. The number of hydrogen-bond donors (Lipinski definition) is 2. The summed E-state index contributed by atoms with van der Waals surface area (Å²) < 4.78 is 31.0. The van der Waals surface area contributed by atoms with E-state index in [2.05, 4.69) is 9.97 Å². The average molecular weight is 323 g/mol. The van der Waals surface area contributed by atoms with E-state index in [-0.39, 0.29) is 4.90 Å². The number of aromatic nitrogens is 2. The summed E-state index contributed by atoms with van der Waals surface area (Å²) in [6.45, 7) is 1.09. The first-order chi connectivity index (χ1) is 10.4. The number of rotatable bonds is 6. The van der Waals surface area contributed by atoms with E-state index in [1.807, 2.05) is 4.72 Å². The minimum atomic E-state index is -3.87. The van der Waals surface area contributed by atoms with Crippen LogP contribution in [-0.4, -0.2) is 36.0 Å². The summed E-state index contributed by atoms with van der Waals surface area (Å²) in [5.41, 5.74) is 0.689. The quantitative estimate of drug-likeness (QED) is 0.812. The lowest BCUT2D eigenvalue weighted by Crippen LogP contribution is -2.29. The Balaban J connectivity index is 2.11. The zero-order valence-electron chi connectivity index (χ0n) is 11.6. The van der Waals surface area contributed by atoms with Gasteiger partial charge in [-0.1, -0.05) is 0 Å². The van der Waals surface area contributed by atoms with Crippen molar-refractivity contribution in [1.29, 1.82) is 0 Å². The third-order valence-electron chi connectivity index (χ3n) is 2.50. The molecule has 2 N–H and O–H groups in total. The van der Waals surface area contributed by atoms with E-state index in [1.54, 1.807) is 13.1 Å². The molecule has 116 valence electrons. The molecule has 1 aromatic heterocycles. The number of ether oxygens (including phenoxy) is 1. The molecule has 0 amide bonds. The van der Waals surface area contributed by atoms with Crippen LogP contribution in [0.2, 0.25) is 0 Å². The molecule has 9 heteroatoms. The van der Waals surface area contributed by atoms with Crippen molar-refractivity contribution in [3.63, 3.8) is 0 Å². The first-order valence-corrected chi connectivity index (χ1v) is 7.63. The minimum Gasteiger partial charge on any atom is -0.480 e. The van der Waals surface area contributed by atoms with Gasteiger partial charge < -0.3 is 9.84 Å². The number of aliphatic carboxylic acids is 1. The Labute approximate surface area is 126 Å². The van der Waals surface area contributed by atoms with E-state index in [0.29, 0.717) is 17.3 Å². The summed E-state index contributed by atoms with van der Waals surface area (Å²) in [4.78, 5) is 18.4. The van der Waals surface area contributed by atoms with Crippen molar-refractivity contribution in [3.8, 4) is 11.6 Å². The molecule has 0 aliphatic carbocycles. The third kappa shape index (κ3) is 4.24. The number of carboxylic acid groups (broad SMARTS) is 1. The molecule has 8 nitrogen and oxygen atoms in total. The van der Waals surface area contributed by atoms with Crippen molar-refractivity contribution in [2.75, 3.05) is 6.54 Å². The van der Waals surface area contributed by atoms with Crippen LogP contribution in [0.5, 0.6) is 11.6 Å². The topological polar surface area (TPSA) is 118 Å². The highest BCUT2D eigenvalue weighted by molar-refractivity contribution is 7.89. The van der Waals surface area contributed by atoms with Crippen LogP contribution in [0.15, 0.2) is 41.6 Å². The first-order valence-electron chi connectivity index (χ1n) is 6.15. The number of aryl methyl sites for hydroxylation is 1. The number of sulfonamides is 1. The molecule has 0 bridgehead atoms. The van der Waals surface area contributed by atoms with Gasteiger partial charge in [0.25, 0.3) is 0 Å². The molecule has 1 heterocycles. The van der Waals surface area contributed by atoms with Crippen LogP contribution in [0.3, 0.4) is 0 Å². The van der Waals surface area contributed by atoms with Gasteiger partial charge in [0.1, 0.15) is 12.3 Å². The highest BCUT2D eigenvalue weighted by Gasteiger charge is 2.15. The van der Waals surface area contributed by atoms with E-state index in [9.17, 15) is 13.2 Å². The second-order valence-corrected chi connectivity index (χ2v) is 6.06. The Morgan fingerprint density at radius 3 is 2.55 bits per heavy atom. The molecular formula is C13H13N3O5S. The molecule has 0 saturated carbocycles. The van der Waals surface area contributed by atoms with Crippen molar-refractivity contribution in [3.05, 3.63) is 42.4 Å². The van der Waals surface area contributed by atoms with Crippen LogP contribution in [0, 0.1) is 6.92 Å². The van der Waals surface area contributed by atoms with Gasteiger partial charge in [0.2, 0.25) is 15.9 Å². The van der Waals surface area contributed by atoms with Crippen molar-refractivity contribution in [1.82, 2.24) is 14.7 Å². The van der Waals surface area contributed by atoms with E-state index in [1.165, 1.54) is 30.5 Å². The maximum Gasteiger partial charge on any atom is 0.318 e. The van der Waals surface area contributed by atoms with Crippen LogP contribution in [0.25, 0.3) is 0 Å². The second kappa shape index (κ2) is 6.50. The van der Waals surface area contributed by atoms with Crippen LogP contribution in [0.4, 0.5) is 0 Å². The molecule has 2 aromatic rings. The molecule has 0 radical (unpaired) electrons. The summed E-state index contributed by atoms with van der Waals surface area (Å²) in [7, 11) is -3.87. The zero-order chi connectivity index (χ0) is 16.2. The predicted molar refractivity (Wildman–Crippen MR) is 76.1 cm³/mol. The van der Waals surface area contributed by atoms with Gasteiger partial charge in [0.15, 0.2) is 0 Å². The Kier molecular flexibility index (Phi) is 4.68. The van der Waals surface area contributed by atoms with Gasteiger partial charge in [-0.2, -0.15) is 4.72 Å². The molecule has 0 atom stereocenters.